The number of carbonyl (C=O) groups is 1. The third kappa shape index (κ3) is 4.45. The van der Waals surface area contributed by atoms with E-state index in [-0.39, 0.29) is 11.2 Å². The summed E-state index contributed by atoms with van der Waals surface area (Å²) in [5, 5.41) is 9.03. The van der Waals surface area contributed by atoms with Gasteiger partial charge in [0.25, 0.3) is 0 Å². The first-order chi connectivity index (χ1) is 8.17. The van der Waals surface area contributed by atoms with Gasteiger partial charge in [-0.15, -0.1) is 0 Å². The van der Waals surface area contributed by atoms with E-state index < -0.39 is 0 Å². The second-order valence-electron chi connectivity index (χ2n) is 3.52. The molecule has 0 amide bonds. The zero-order chi connectivity index (χ0) is 12.7. The average Bonchev–Trinajstić information content (AvgIpc) is 2.36. The molecule has 0 spiro atoms. The van der Waals surface area contributed by atoms with Gasteiger partial charge in [-0.25, -0.2) is 4.98 Å². The van der Waals surface area contributed by atoms with Gasteiger partial charge in [-0.05, 0) is 11.6 Å². The van der Waals surface area contributed by atoms with Crippen LogP contribution in [0, 0.1) is 11.3 Å². The van der Waals surface area contributed by atoms with E-state index in [0.29, 0.717) is 17.9 Å². The molecule has 0 N–H and O–H groups in total. The number of nitriles is 1. The van der Waals surface area contributed by atoms with Crippen molar-refractivity contribution in [2.45, 2.75) is 24.3 Å². The lowest BCUT2D eigenvalue weighted by Gasteiger charge is -2.09. The summed E-state index contributed by atoms with van der Waals surface area (Å²) >= 11 is 1.61. The van der Waals surface area contributed by atoms with E-state index >= 15 is 0 Å². The zero-order valence-electron chi connectivity index (χ0n) is 9.84. The van der Waals surface area contributed by atoms with E-state index in [1.165, 1.54) is 7.11 Å². The smallest absolute Gasteiger partial charge is 0.306 e. The van der Waals surface area contributed by atoms with Crippen LogP contribution < -0.4 is 0 Å². The lowest BCUT2D eigenvalue weighted by molar-refractivity contribution is -0.140. The van der Waals surface area contributed by atoms with Crippen LogP contribution in [-0.2, 0) is 15.3 Å². The Kier molecular flexibility index (Phi) is 5.50. The highest BCUT2D eigenvalue weighted by atomic mass is 32.2. The molecule has 17 heavy (non-hydrogen) atoms. The van der Waals surface area contributed by atoms with Gasteiger partial charge in [-0.1, -0.05) is 13.0 Å². The van der Waals surface area contributed by atoms with Crippen molar-refractivity contribution in [3.8, 4) is 6.07 Å². The number of ether oxygens (including phenoxy) is 1. The maximum absolute atomic E-state index is 11.1. The molecule has 0 aliphatic heterocycles. The largest absolute Gasteiger partial charge is 0.469 e. The maximum Gasteiger partial charge on any atom is 0.306 e. The van der Waals surface area contributed by atoms with Gasteiger partial charge in [0.1, 0.15) is 11.8 Å². The Hall–Kier alpha value is -1.54. The Morgan fingerprint density at radius 3 is 3.12 bits per heavy atom. The van der Waals surface area contributed by atoms with Gasteiger partial charge in [0, 0.05) is 17.2 Å². The van der Waals surface area contributed by atoms with Crippen LogP contribution in [0.4, 0.5) is 0 Å². The number of rotatable bonds is 5. The number of hydrogen-bond donors (Lipinski definition) is 0. The van der Waals surface area contributed by atoms with Crippen molar-refractivity contribution < 1.29 is 9.53 Å². The van der Waals surface area contributed by atoms with Crippen LogP contribution in [0.1, 0.15) is 24.6 Å². The van der Waals surface area contributed by atoms with Gasteiger partial charge in [-0.2, -0.15) is 17.0 Å². The van der Waals surface area contributed by atoms with Gasteiger partial charge < -0.3 is 4.74 Å². The average molecular weight is 250 g/mol. The van der Waals surface area contributed by atoms with Crippen LogP contribution >= 0.6 is 11.8 Å². The molecular formula is C12H14N2O2S. The predicted octanol–water partition coefficient (Wildman–Crippen LogP) is 2.14. The zero-order valence-corrected chi connectivity index (χ0v) is 10.7. The van der Waals surface area contributed by atoms with Gasteiger partial charge in [0.15, 0.2) is 0 Å². The molecule has 1 heterocycles. The minimum absolute atomic E-state index is 0.161. The number of thioether (sulfide) groups is 1. The van der Waals surface area contributed by atoms with Crippen LogP contribution in [0.25, 0.3) is 0 Å². The van der Waals surface area contributed by atoms with Crippen molar-refractivity contribution in [3.63, 3.8) is 0 Å². The van der Waals surface area contributed by atoms with E-state index in [0.717, 1.165) is 5.56 Å². The topological polar surface area (TPSA) is 63.0 Å². The number of esters is 1. The minimum atomic E-state index is -0.211. The molecule has 1 aromatic rings. The first-order valence-electron chi connectivity index (χ1n) is 5.19. The Labute approximate surface area is 105 Å². The summed E-state index contributed by atoms with van der Waals surface area (Å²) in [4.78, 5) is 15.0. The molecule has 5 heteroatoms. The standard InChI is InChI=1S/C12H14N2O2S/c1-9(6-12(15)16-2)17-8-10-4-3-5-14-11(10)7-13/h3-5,9H,6,8H2,1-2H3. The fourth-order valence-electron chi connectivity index (χ4n) is 1.26. The normalized spacial score (nSPS) is 11.6. The summed E-state index contributed by atoms with van der Waals surface area (Å²) in [5.41, 5.74) is 1.35. The highest BCUT2D eigenvalue weighted by molar-refractivity contribution is 7.99. The number of nitrogens with zero attached hydrogens (tertiary/aromatic N) is 2. The molecule has 1 atom stereocenters. The van der Waals surface area contributed by atoms with Crippen molar-refractivity contribution in [1.82, 2.24) is 4.98 Å². The number of methoxy groups -OCH3 is 1. The molecule has 0 aromatic carbocycles. The molecule has 90 valence electrons. The van der Waals surface area contributed by atoms with Crippen LogP contribution in [0.15, 0.2) is 18.3 Å². The summed E-state index contributed by atoms with van der Waals surface area (Å²) in [6.45, 7) is 1.96. The highest BCUT2D eigenvalue weighted by Crippen LogP contribution is 2.21. The fraction of sp³-hybridized carbons (Fsp3) is 0.417. The SMILES string of the molecule is COC(=O)CC(C)SCc1cccnc1C#N. The molecule has 0 fully saturated rings. The molecular weight excluding hydrogens is 236 g/mol. The van der Waals surface area contributed by atoms with Crippen molar-refractivity contribution in [2.24, 2.45) is 0 Å². The number of carbonyl (C=O) groups excluding carboxylic acids is 1. The molecule has 0 bridgehead atoms. The van der Waals surface area contributed by atoms with Gasteiger partial charge in [-0.3, -0.25) is 4.79 Å². The number of aromatic nitrogens is 1. The summed E-state index contributed by atoms with van der Waals surface area (Å²) in [6.07, 6.45) is 1.98. The van der Waals surface area contributed by atoms with Crippen molar-refractivity contribution >= 4 is 17.7 Å². The van der Waals surface area contributed by atoms with E-state index in [9.17, 15) is 4.79 Å². The molecule has 1 aromatic heterocycles. The minimum Gasteiger partial charge on any atom is -0.469 e. The summed E-state index contributed by atoms with van der Waals surface area (Å²) < 4.78 is 4.60. The van der Waals surface area contributed by atoms with Gasteiger partial charge in [0.05, 0.1) is 13.5 Å². The Morgan fingerprint density at radius 1 is 1.71 bits per heavy atom. The van der Waals surface area contributed by atoms with E-state index in [2.05, 4.69) is 15.8 Å². The van der Waals surface area contributed by atoms with E-state index in [1.54, 1.807) is 18.0 Å². The van der Waals surface area contributed by atoms with Crippen molar-refractivity contribution in [3.05, 3.63) is 29.6 Å². The maximum atomic E-state index is 11.1. The quantitative estimate of drug-likeness (QED) is 0.749. The molecule has 0 saturated carbocycles. The third-order valence-corrected chi connectivity index (χ3v) is 3.42. The van der Waals surface area contributed by atoms with Crippen LogP contribution in [0.3, 0.4) is 0 Å². The Balaban J connectivity index is 2.50. The van der Waals surface area contributed by atoms with E-state index in [4.69, 9.17) is 5.26 Å². The summed E-state index contributed by atoms with van der Waals surface area (Å²) in [7, 11) is 1.38. The second-order valence-corrected chi connectivity index (χ2v) is 4.95. The highest BCUT2D eigenvalue weighted by Gasteiger charge is 2.11. The monoisotopic (exact) mass is 250 g/mol. The molecule has 0 radical (unpaired) electrons. The summed E-state index contributed by atoms with van der Waals surface area (Å²) in [6, 6.07) is 5.74. The second kappa shape index (κ2) is 6.92. The lowest BCUT2D eigenvalue weighted by atomic mass is 10.2. The Bertz CT molecular complexity index is 429. The molecule has 1 rings (SSSR count). The molecule has 4 nitrogen and oxygen atoms in total. The molecule has 0 saturated heterocycles. The number of pyridine rings is 1. The fourth-order valence-corrected chi connectivity index (χ4v) is 2.22. The van der Waals surface area contributed by atoms with Crippen LogP contribution in [0.2, 0.25) is 0 Å². The summed E-state index contributed by atoms with van der Waals surface area (Å²) in [5.74, 6) is 0.464. The van der Waals surface area contributed by atoms with Crippen molar-refractivity contribution in [1.29, 1.82) is 5.26 Å². The van der Waals surface area contributed by atoms with Crippen molar-refractivity contribution in [2.75, 3.05) is 7.11 Å². The molecule has 0 aliphatic rings. The van der Waals surface area contributed by atoms with Gasteiger partial charge >= 0.3 is 5.97 Å². The van der Waals surface area contributed by atoms with Crippen LogP contribution in [0.5, 0.6) is 0 Å². The lowest BCUT2D eigenvalue weighted by Crippen LogP contribution is -2.09. The first kappa shape index (κ1) is 13.5. The Morgan fingerprint density at radius 2 is 2.47 bits per heavy atom. The van der Waals surface area contributed by atoms with Crippen LogP contribution in [-0.4, -0.2) is 23.3 Å². The van der Waals surface area contributed by atoms with E-state index in [1.807, 2.05) is 19.1 Å². The van der Waals surface area contributed by atoms with Gasteiger partial charge in [0.2, 0.25) is 0 Å². The predicted molar refractivity (Wildman–Crippen MR) is 66.3 cm³/mol. The number of hydrogen-bond acceptors (Lipinski definition) is 5. The third-order valence-electron chi connectivity index (χ3n) is 2.20. The molecule has 1 unspecified atom stereocenters. The first-order valence-corrected chi connectivity index (χ1v) is 6.24. The molecule has 0 aliphatic carbocycles.